The lowest BCUT2D eigenvalue weighted by Gasteiger charge is -2.07. The molecule has 0 radical (unpaired) electrons. The highest BCUT2D eigenvalue weighted by Gasteiger charge is 2.08. The molecule has 0 aliphatic carbocycles. The Balaban J connectivity index is 1.91. The molecule has 30 heavy (non-hydrogen) atoms. The highest BCUT2D eigenvalue weighted by Crippen LogP contribution is 2.25. The number of hydrogen-bond donors (Lipinski definition) is 0. The van der Waals surface area contributed by atoms with Crippen LogP contribution in [0.3, 0.4) is 0 Å². The Hall–Kier alpha value is -3.66. The molecule has 4 nitrogen and oxygen atoms in total. The number of carbonyl (C=O) groups is 1. The molecule has 4 aromatic rings. The molecule has 0 fully saturated rings. The molecule has 0 saturated heterocycles. The summed E-state index contributed by atoms with van der Waals surface area (Å²) in [4.78, 5) is 16.4. The normalized spacial score (nSPS) is 11.6. The van der Waals surface area contributed by atoms with E-state index in [0.29, 0.717) is 5.56 Å². The number of ether oxygens (including phenoxy) is 1. The van der Waals surface area contributed by atoms with E-state index in [2.05, 4.69) is 19.1 Å². The van der Waals surface area contributed by atoms with Crippen molar-refractivity contribution in [2.45, 2.75) is 20.3 Å². The van der Waals surface area contributed by atoms with Crippen LogP contribution in [0.1, 0.15) is 29.8 Å². The summed E-state index contributed by atoms with van der Waals surface area (Å²) in [5.41, 5.74) is 4.41. The largest absolute Gasteiger partial charge is 0.497 e. The van der Waals surface area contributed by atoms with Crippen LogP contribution < -0.4 is 10.1 Å². The Labute approximate surface area is 175 Å². The van der Waals surface area contributed by atoms with E-state index in [0.717, 1.165) is 45.5 Å². The number of hydrogen-bond acceptors (Lipinski definition) is 4. The summed E-state index contributed by atoms with van der Waals surface area (Å²) in [6.07, 6.45) is 0.933. The predicted molar refractivity (Wildman–Crippen MR) is 119 cm³/mol. The van der Waals surface area contributed by atoms with Gasteiger partial charge in [-0.3, -0.25) is 4.79 Å². The van der Waals surface area contributed by atoms with Gasteiger partial charge in [-0.1, -0.05) is 13.0 Å². The van der Waals surface area contributed by atoms with E-state index >= 15 is 0 Å². The maximum Gasteiger partial charge on any atom is 0.159 e. The lowest BCUT2D eigenvalue weighted by Crippen LogP contribution is -2.04. The molecular formula is C26H23NO3. The van der Waals surface area contributed by atoms with Crippen LogP contribution in [0.2, 0.25) is 0 Å². The number of ketones is 1. The molecule has 1 heterocycles. The third-order valence-electron chi connectivity index (χ3n) is 5.11. The summed E-state index contributed by atoms with van der Waals surface area (Å²) >= 11 is 0. The summed E-state index contributed by atoms with van der Waals surface area (Å²) in [7, 11) is 1.65. The molecule has 4 heteroatoms. The predicted octanol–water partition coefficient (Wildman–Crippen LogP) is 6.11. The minimum Gasteiger partial charge on any atom is -0.497 e. The van der Waals surface area contributed by atoms with Gasteiger partial charge in [0, 0.05) is 22.6 Å². The van der Waals surface area contributed by atoms with Crippen LogP contribution in [0.25, 0.3) is 22.3 Å². The van der Waals surface area contributed by atoms with Crippen LogP contribution in [0.5, 0.6) is 5.75 Å². The number of rotatable bonds is 5. The Kier molecular flexibility index (Phi) is 5.48. The molecule has 3 aromatic carbocycles. The van der Waals surface area contributed by atoms with Crippen LogP contribution in [0.15, 0.2) is 82.2 Å². The Morgan fingerprint density at radius 1 is 0.967 bits per heavy atom. The van der Waals surface area contributed by atoms with Crippen LogP contribution in [0, 0.1) is 0 Å². The van der Waals surface area contributed by atoms with Crippen molar-refractivity contribution in [3.8, 4) is 17.1 Å². The van der Waals surface area contributed by atoms with Gasteiger partial charge in [0.05, 0.1) is 18.2 Å². The average molecular weight is 397 g/mol. The molecule has 4 rings (SSSR count). The quantitative estimate of drug-likeness (QED) is 0.382. The van der Waals surface area contributed by atoms with Crippen molar-refractivity contribution in [3.63, 3.8) is 0 Å². The highest BCUT2D eigenvalue weighted by atomic mass is 16.5. The monoisotopic (exact) mass is 397 g/mol. The maximum atomic E-state index is 11.6. The molecule has 0 atom stereocenters. The summed E-state index contributed by atoms with van der Waals surface area (Å²) in [6.45, 7) is 3.69. The molecule has 150 valence electrons. The molecule has 0 amide bonds. The molecule has 0 bridgehead atoms. The fourth-order valence-corrected chi connectivity index (χ4v) is 3.34. The highest BCUT2D eigenvalue weighted by molar-refractivity contribution is 5.94. The fourth-order valence-electron chi connectivity index (χ4n) is 3.34. The lowest BCUT2D eigenvalue weighted by molar-refractivity contribution is 0.101. The minimum atomic E-state index is 0.0416. The number of fused-ring (bicyclic) bond motifs is 1. The minimum absolute atomic E-state index is 0.0416. The average Bonchev–Trinajstić information content (AvgIpc) is 2.79. The zero-order valence-corrected chi connectivity index (χ0v) is 17.3. The van der Waals surface area contributed by atoms with Crippen molar-refractivity contribution in [2.24, 2.45) is 4.99 Å². The molecule has 0 spiro atoms. The molecule has 1 aromatic heterocycles. The standard InChI is InChI=1S/C26H23NO3/c1-4-18-5-14-25-23(15-18)24(27-21-10-6-19(7-11-21)17(2)28)16-26(30-25)20-8-12-22(29-3)13-9-20/h5-16H,4H2,1-3H3. The number of nitrogens with zero attached hydrogens (tertiary/aromatic N) is 1. The Bertz CT molecular complexity index is 1270. The molecular weight excluding hydrogens is 374 g/mol. The van der Waals surface area contributed by atoms with Crippen molar-refractivity contribution in [1.29, 1.82) is 0 Å². The number of aryl methyl sites for hydroxylation is 1. The number of benzene rings is 3. The Morgan fingerprint density at radius 2 is 1.70 bits per heavy atom. The van der Waals surface area contributed by atoms with Gasteiger partial charge in [0.2, 0.25) is 0 Å². The van der Waals surface area contributed by atoms with Gasteiger partial charge in [-0.15, -0.1) is 0 Å². The second-order valence-electron chi connectivity index (χ2n) is 7.12. The first kappa shape index (κ1) is 19.6. The topological polar surface area (TPSA) is 51.8 Å². The lowest BCUT2D eigenvalue weighted by atomic mass is 10.1. The SMILES string of the molecule is CCc1ccc2oc(-c3ccc(OC)cc3)cc(=Nc3ccc(C(C)=O)cc3)c2c1. The van der Waals surface area contributed by atoms with Crippen LogP contribution in [-0.4, -0.2) is 12.9 Å². The fraction of sp³-hybridized carbons (Fsp3) is 0.154. The summed E-state index contributed by atoms with van der Waals surface area (Å²) in [6, 6.07) is 23.3. The zero-order valence-electron chi connectivity index (χ0n) is 17.3. The van der Waals surface area contributed by atoms with Gasteiger partial charge in [-0.25, -0.2) is 4.99 Å². The van der Waals surface area contributed by atoms with Gasteiger partial charge in [0.25, 0.3) is 0 Å². The smallest absolute Gasteiger partial charge is 0.159 e. The van der Waals surface area contributed by atoms with Crippen LogP contribution >= 0.6 is 0 Å². The van der Waals surface area contributed by atoms with Gasteiger partial charge in [0.1, 0.15) is 17.1 Å². The zero-order chi connectivity index (χ0) is 21.1. The van der Waals surface area contributed by atoms with E-state index in [1.165, 1.54) is 5.56 Å². The van der Waals surface area contributed by atoms with Gasteiger partial charge in [0.15, 0.2) is 5.78 Å². The number of methoxy groups -OCH3 is 1. The van der Waals surface area contributed by atoms with Crippen molar-refractivity contribution in [1.82, 2.24) is 0 Å². The first-order chi connectivity index (χ1) is 14.6. The van der Waals surface area contributed by atoms with Gasteiger partial charge in [-0.05, 0) is 79.6 Å². The van der Waals surface area contributed by atoms with E-state index in [4.69, 9.17) is 14.1 Å². The van der Waals surface area contributed by atoms with E-state index in [1.54, 1.807) is 26.2 Å². The second kappa shape index (κ2) is 8.37. The van der Waals surface area contributed by atoms with Crippen molar-refractivity contribution in [3.05, 3.63) is 89.3 Å². The van der Waals surface area contributed by atoms with Crippen LogP contribution in [-0.2, 0) is 6.42 Å². The van der Waals surface area contributed by atoms with E-state index < -0.39 is 0 Å². The molecule has 0 aliphatic rings. The first-order valence-electron chi connectivity index (χ1n) is 9.94. The summed E-state index contributed by atoms with van der Waals surface area (Å²) in [5.74, 6) is 1.57. The van der Waals surface area contributed by atoms with Crippen molar-refractivity contribution >= 4 is 22.4 Å². The van der Waals surface area contributed by atoms with Gasteiger partial charge >= 0.3 is 0 Å². The third kappa shape index (κ3) is 4.03. The Morgan fingerprint density at radius 3 is 2.33 bits per heavy atom. The van der Waals surface area contributed by atoms with Crippen LogP contribution in [0.4, 0.5) is 5.69 Å². The first-order valence-corrected chi connectivity index (χ1v) is 9.94. The third-order valence-corrected chi connectivity index (χ3v) is 5.11. The maximum absolute atomic E-state index is 11.6. The summed E-state index contributed by atoms with van der Waals surface area (Å²) in [5, 5.41) is 1.79. The van der Waals surface area contributed by atoms with E-state index in [9.17, 15) is 4.79 Å². The molecule has 0 saturated carbocycles. The summed E-state index contributed by atoms with van der Waals surface area (Å²) < 4.78 is 11.5. The molecule has 0 aliphatic heterocycles. The van der Waals surface area contributed by atoms with Crippen molar-refractivity contribution in [2.75, 3.05) is 7.11 Å². The second-order valence-corrected chi connectivity index (χ2v) is 7.12. The molecule has 0 N–H and O–H groups in total. The molecule has 0 unspecified atom stereocenters. The number of carbonyl (C=O) groups excluding carboxylic acids is 1. The van der Waals surface area contributed by atoms with Crippen molar-refractivity contribution < 1.29 is 13.9 Å². The van der Waals surface area contributed by atoms with Gasteiger partial charge < -0.3 is 9.15 Å². The van der Waals surface area contributed by atoms with E-state index in [1.807, 2.05) is 48.5 Å². The van der Waals surface area contributed by atoms with E-state index in [-0.39, 0.29) is 5.78 Å². The van der Waals surface area contributed by atoms with Gasteiger partial charge in [-0.2, -0.15) is 0 Å². The number of Topliss-reactive ketones (excluding diaryl/α,β-unsaturated/α-hetero) is 1.